The zero-order valence-corrected chi connectivity index (χ0v) is 13.1. The quantitative estimate of drug-likeness (QED) is 0.638. The molecular formula is C14H11Br2NO2. The maximum Gasteiger partial charge on any atom is 0.201 e. The average molecular weight is 385 g/mol. The van der Waals surface area contributed by atoms with Crippen LogP contribution < -0.4 is 10.5 Å². The molecule has 98 valence electrons. The Morgan fingerprint density at radius 3 is 2.42 bits per heavy atom. The molecule has 2 N–H and O–H groups in total. The Kier molecular flexibility index (Phi) is 4.61. The normalized spacial score (nSPS) is 10.2. The standard InChI is InChI=1S/C14H11Br2NO2/c15-9-1-6-12(13(16)7-9)14(18)8-19-11-4-2-10(17)3-5-11/h1-7H,8,17H2. The van der Waals surface area contributed by atoms with E-state index in [1.165, 1.54) is 0 Å². The van der Waals surface area contributed by atoms with Crippen LogP contribution in [-0.2, 0) is 0 Å². The van der Waals surface area contributed by atoms with E-state index in [-0.39, 0.29) is 12.4 Å². The van der Waals surface area contributed by atoms with Crippen LogP contribution in [-0.4, -0.2) is 12.4 Å². The van der Waals surface area contributed by atoms with Gasteiger partial charge in [-0.05, 0) is 42.5 Å². The SMILES string of the molecule is Nc1ccc(OCC(=O)c2ccc(Br)cc2Br)cc1. The van der Waals surface area contributed by atoms with Crippen molar-refractivity contribution in [2.75, 3.05) is 12.3 Å². The van der Waals surface area contributed by atoms with Crippen molar-refractivity contribution in [2.45, 2.75) is 0 Å². The molecule has 2 aromatic carbocycles. The molecule has 5 heteroatoms. The van der Waals surface area contributed by atoms with Gasteiger partial charge in [0.1, 0.15) is 5.75 Å². The van der Waals surface area contributed by atoms with E-state index in [1.807, 2.05) is 12.1 Å². The van der Waals surface area contributed by atoms with Crippen LogP contribution in [0, 0.1) is 0 Å². The summed E-state index contributed by atoms with van der Waals surface area (Å²) in [6, 6.07) is 12.3. The summed E-state index contributed by atoms with van der Waals surface area (Å²) in [4.78, 5) is 12.0. The van der Waals surface area contributed by atoms with E-state index in [4.69, 9.17) is 10.5 Å². The minimum atomic E-state index is -0.0869. The third-order valence-corrected chi connectivity index (χ3v) is 3.63. The Hall–Kier alpha value is -1.33. The lowest BCUT2D eigenvalue weighted by molar-refractivity contribution is 0.0921. The van der Waals surface area contributed by atoms with Gasteiger partial charge in [-0.2, -0.15) is 0 Å². The predicted octanol–water partition coefficient (Wildman–Crippen LogP) is 4.06. The fourth-order valence-electron chi connectivity index (χ4n) is 1.51. The van der Waals surface area contributed by atoms with E-state index in [9.17, 15) is 4.79 Å². The first-order valence-corrected chi connectivity index (χ1v) is 7.11. The molecule has 0 bridgehead atoms. The molecule has 19 heavy (non-hydrogen) atoms. The monoisotopic (exact) mass is 383 g/mol. The summed E-state index contributed by atoms with van der Waals surface area (Å²) >= 11 is 6.70. The summed E-state index contributed by atoms with van der Waals surface area (Å²) in [6.45, 7) is -0.00977. The van der Waals surface area contributed by atoms with Gasteiger partial charge in [-0.15, -0.1) is 0 Å². The van der Waals surface area contributed by atoms with E-state index in [1.54, 1.807) is 30.3 Å². The van der Waals surface area contributed by atoms with Crippen LogP contribution in [0.2, 0.25) is 0 Å². The Morgan fingerprint density at radius 2 is 1.79 bits per heavy atom. The Balaban J connectivity index is 2.03. The van der Waals surface area contributed by atoms with Crippen LogP contribution >= 0.6 is 31.9 Å². The van der Waals surface area contributed by atoms with E-state index in [0.717, 1.165) is 8.95 Å². The van der Waals surface area contributed by atoms with Gasteiger partial charge < -0.3 is 10.5 Å². The summed E-state index contributed by atoms with van der Waals surface area (Å²) in [5, 5.41) is 0. The number of nitrogens with two attached hydrogens (primary N) is 1. The second kappa shape index (κ2) is 6.21. The van der Waals surface area contributed by atoms with Gasteiger partial charge in [-0.1, -0.05) is 31.9 Å². The molecule has 0 aliphatic heterocycles. The molecule has 0 radical (unpaired) electrons. The first-order valence-electron chi connectivity index (χ1n) is 5.53. The van der Waals surface area contributed by atoms with Crippen LogP contribution in [0.25, 0.3) is 0 Å². The number of rotatable bonds is 4. The molecule has 0 spiro atoms. The molecule has 3 nitrogen and oxygen atoms in total. The Morgan fingerprint density at radius 1 is 1.11 bits per heavy atom. The number of carbonyl (C=O) groups is 1. The van der Waals surface area contributed by atoms with E-state index < -0.39 is 0 Å². The maximum absolute atomic E-state index is 12.0. The molecule has 2 aromatic rings. The highest BCUT2D eigenvalue weighted by Crippen LogP contribution is 2.22. The number of Topliss-reactive ketones (excluding diaryl/α,β-unsaturated/α-hetero) is 1. The molecule has 0 aliphatic rings. The van der Waals surface area contributed by atoms with Gasteiger partial charge in [-0.3, -0.25) is 4.79 Å². The topological polar surface area (TPSA) is 52.3 Å². The van der Waals surface area contributed by atoms with Crippen LogP contribution in [0.3, 0.4) is 0 Å². The average Bonchev–Trinajstić information content (AvgIpc) is 2.37. The van der Waals surface area contributed by atoms with Crippen LogP contribution in [0.1, 0.15) is 10.4 Å². The fourth-order valence-corrected chi connectivity index (χ4v) is 2.77. The van der Waals surface area contributed by atoms with Crippen molar-refractivity contribution in [1.82, 2.24) is 0 Å². The van der Waals surface area contributed by atoms with Crippen molar-refractivity contribution in [1.29, 1.82) is 0 Å². The van der Waals surface area contributed by atoms with Crippen molar-refractivity contribution in [3.8, 4) is 5.75 Å². The van der Waals surface area contributed by atoms with E-state index in [0.29, 0.717) is 17.0 Å². The molecule has 0 fully saturated rings. The lowest BCUT2D eigenvalue weighted by Crippen LogP contribution is -2.12. The molecular weight excluding hydrogens is 374 g/mol. The predicted molar refractivity (Wildman–Crippen MR) is 82.5 cm³/mol. The smallest absolute Gasteiger partial charge is 0.201 e. The van der Waals surface area contributed by atoms with Gasteiger partial charge in [0.2, 0.25) is 5.78 Å². The first kappa shape index (κ1) is 14.1. The summed E-state index contributed by atoms with van der Waals surface area (Å²) in [6.07, 6.45) is 0. The molecule has 0 atom stereocenters. The minimum Gasteiger partial charge on any atom is -0.485 e. The molecule has 0 aromatic heterocycles. The fraction of sp³-hybridized carbons (Fsp3) is 0.0714. The van der Waals surface area contributed by atoms with Gasteiger partial charge in [0.05, 0.1) is 0 Å². The van der Waals surface area contributed by atoms with Gasteiger partial charge in [0.15, 0.2) is 6.61 Å². The number of halogens is 2. The Labute approximate surface area is 128 Å². The van der Waals surface area contributed by atoms with Crippen molar-refractivity contribution in [3.63, 3.8) is 0 Å². The number of hydrogen-bond donors (Lipinski definition) is 1. The number of hydrogen-bond acceptors (Lipinski definition) is 3. The van der Waals surface area contributed by atoms with E-state index >= 15 is 0 Å². The molecule has 0 unspecified atom stereocenters. The number of nitrogen functional groups attached to an aromatic ring is 1. The van der Waals surface area contributed by atoms with Crippen LogP contribution in [0.4, 0.5) is 5.69 Å². The Bertz CT molecular complexity index is 597. The third kappa shape index (κ3) is 3.81. The zero-order chi connectivity index (χ0) is 13.8. The number of anilines is 1. The highest BCUT2D eigenvalue weighted by Gasteiger charge is 2.11. The summed E-state index contributed by atoms with van der Waals surface area (Å²) in [5.74, 6) is 0.534. The lowest BCUT2D eigenvalue weighted by Gasteiger charge is -2.07. The van der Waals surface area contributed by atoms with Crippen LogP contribution in [0.5, 0.6) is 5.75 Å². The number of carbonyl (C=O) groups excluding carboxylic acids is 1. The van der Waals surface area contributed by atoms with Gasteiger partial charge in [0, 0.05) is 20.2 Å². The van der Waals surface area contributed by atoms with Gasteiger partial charge in [0.25, 0.3) is 0 Å². The summed E-state index contributed by atoms with van der Waals surface area (Å²) in [7, 11) is 0. The first-order chi connectivity index (χ1) is 9.06. The third-order valence-electron chi connectivity index (χ3n) is 2.48. The van der Waals surface area contributed by atoms with Crippen molar-refractivity contribution < 1.29 is 9.53 Å². The van der Waals surface area contributed by atoms with Crippen molar-refractivity contribution in [3.05, 3.63) is 57.0 Å². The number of ether oxygens (including phenoxy) is 1. The molecule has 0 heterocycles. The zero-order valence-electron chi connectivity index (χ0n) is 9.90. The molecule has 0 amide bonds. The largest absolute Gasteiger partial charge is 0.485 e. The number of benzene rings is 2. The maximum atomic E-state index is 12.0. The minimum absolute atomic E-state index is 0.00977. The van der Waals surface area contributed by atoms with Crippen molar-refractivity contribution >= 4 is 43.3 Å². The summed E-state index contributed by atoms with van der Waals surface area (Å²) < 4.78 is 7.08. The summed E-state index contributed by atoms with van der Waals surface area (Å²) in [5.41, 5.74) is 6.83. The number of ketones is 1. The lowest BCUT2D eigenvalue weighted by atomic mass is 10.1. The molecule has 0 aliphatic carbocycles. The van der Waals surface area contributed by atoms with Gasteiger partial charge in [-0.25, -0.2) is 0 Å². The highest BCUT2D eigenvalue weighted by atomic mass is 79.9. The second-order valence-electron chi connectivity index (χ2n) is 3.91. The van der Waals surface area contributed by atoms with Crippen molar-refractivity contribution in [2.24, 2.45) is 0 Å². The molecule has 2 rings (SSSR count). The van der Waals surface area contributed by atoms with E-state index in [2.05, 4.69) is 31.9 Å². The molecule has 0 saturated heterocycles. The van der Waals surface area contributed by atoms with Crippen LogP contribution in [0.15, 0.2) is 51.4 Å². The van der Waals surface area contributed by atoms with Gasteiger partial charge >= 0.3 is 0 Å². The highest BCUT2D eigenvalue weighted by molar-refractivity contribution is 9.11. The second-order valence-corrected chi connectivity index (χ2v) is 5.68. The molecule has 0 saturated carbocycles.